The molecule has 0 spiro atoms. The molecule has 0 saturated heterocycles. The predicted molar refractivity (Wildman–Crippen MR) is 59.0 cm³/mol. The summed E-state index contributed by atoms with van der Waals surface area (Å²) < 4.78 is 5.62. The Morgan fingerprint density at radius 2 is 2.19 bits per heavy atom. The fourth-order valence-electron chi connectivity index (χ4n) is 1.27. The number of ether oxygens (including phenoxy) is 1. The number of pyridine rings is 1. The highest BCUT2D eigenvalue weighted by atomic mass is 16.5. The molecular weight excluding hydrogens is 204 g/mol. The molecule has 2 rings (SSSR count). The minimum atomic E-state index is 0.365. The highest BCUT2D eigenvalue weighted by molar-refractivity contribution is 5.33. The molecule has 16 heavy (non-hydrogen) atoms. The molecule has 82 valence electrons. The van der Waals surface area contributed by atoms with Crippen LogP contribution in [0.5, 0.6) is 11.6 Å². The number of aromatic nitrogens is 3. The highest BCUT2D eigenvalue weighted by Crippen LogP contribution is 2.23. The van der Waals surface area contributed by atoms with Gasteiger partial charge in [-0.05, 0) is 25.1 Å². The monoisotopic (exact) mass is 216 g/mol. The number of hydrogen-bond acceptors (Lipinski definition) is 5. The van der Waals surface area contributed by atoms with E-state index in [9.17, 15) is 0 Å². The van der Waals surface area contributed by atoms with Crippen LogP contribution in [0.25, 0.3) is 0 Å². The Morgan fingerprint density at radius 1 is 1.31 bits per heavy atom. The lowest BCUT2D eigenvalue weighted by Crippen LogP contribution is -2.02. The van der Waals surface area contributed by atoms with Crippen LogP contribution < -0.4 is 10.5 Å². The van der Waals surface area contributed by atoms with Crippen LogP contribution in [0, 0.1) is 6.92 Å². The third-order valence-corrected chi connectivity index (χ3v) is 2.15. The molecule has 0 unspecified atom stereocenters. The molecule has 2 N–H and O–H groups in total. The van der Waals surface area contributed by atoms with E-state index in [1.165, 1.54) is 0 Å². The van der Waals surface area contributed by atoms with E-state index in [-0.39, 0.29) is 0 Å². The van der Waals surface area contributed by atoms with Gasteiger partial charge in [-0.15, -0.1) is 5.10 Å². The Bertz CT molecular complexity index is 487. The average molecular weight is 216 g/mol. The van der Waals surface area contributed by atoms with E-state index in [1.54, 1.807) is 24.5 Å². The molecule has 5 nitrogen and oxygen atoms in total. The molecule has 0 aromatic carbocycles. The molecule has 0 atom stereocenters. The molecule has 2 aromatic rings. The maximum absolute atomic E-state index is 5.62. The maximum atomic E-state index is 5.62. The zero-order chi connectivity index (χ0) is 11.4. The van der Waals surface area contributed by atoms with E-state index in [2.05, 4.69) is 15.2 Å². The smallest absolute Gasteiger partial charge is 0.243 e. The number of aryl methyl sites for hydroxylation is 1. The Balaban J connectivity index is 2.30. The predicted octanol–water partition coefficient (Wildman–Crippen LogP) is 1.43. The van der Waals surface area contributed by atoms with Crippen molar-refractivity contribution in [1.29, 1.82) is 0 Å². The second-order valence-corrected chi connectivity index (χ2v) is 3.25. The van der Waals surface area contributed by atoms with Crippen molar-refractivity contribution in [1.82, 2.24) is 15.2 Å². The van der Waals surface area contributed by atoms with E-state index in [1.807, 2.05) is 13.0 Å². The van der Waals surface area contributed by atoms with Gasteiger partial charge in [0.25, 0.3) is 0 Å². The van der Waals surface area contributed by atoms with Gasteiger partial charge < -0.3 is 10.5 Å². The van der Waals surface area contributed by atoms with Crippen molar-refractivity contribution in [3.05, 3.63) is 41.9 Å². The van der Waals surface area contributed by atoms with Gasteiger partial charge in [-0.2, -0.15) is 5.10 Å². The van der Waals surface area contributed by atoms with Crippen molar-refractivity contribution >= 4 is 0 Å². The fourth-order valence-corrected chi connectivity index (χ4v) is 1.27. The van der Waals surface area contributed by atoms with Crippen LogP contribution in [0.15, 0.2) is 30.6 Å². The summed E-state index contributed by atoms with van der Waals surface area (Å²) in [7, 11) is 0. The van der Waals surface area contributed by atoms with Gasteiger partial charge in [0, 0.05) is 18.3 Å². The Hall–Kier alpha value is -2.01. The third-order valence-electron chi connectivity index (χ3n) is 2.15. The lowest BCUT2D eigenvalue weighted by Gasteiger charge is -2.08. The summed E-state index contributed by atoms with van der Waals surface area (Å²) in [6.45, 7) is 2.23. The molecule has 0 aliphatic rings. The number of nitrogens with two attached hydrogens (primary N) is 1. The Morgan fingerprint density at radius 3 is 2.94 bits per heavy atom. The molecule has 0 amide bonds. The van der Waals surface area contributed by atoms with Crippen molar-refractivity contribution in [2.45, 2.75) is 13.5 Å². The highest BCUT2D eigenvalue weighted by Gasteiger charge is 2.07. The number of hydrogen-bond donors (Lipinski definition) is 1. The van der Waals surface area contributed by atoms with E-state index in [4.69, 9.17) is 10.5 Å². The normalized spacial score (nSPS) is 10.1. The van der Waals surface area contributed by atoms with Gasteiger partial charge in [0.15, 0.2) is 5.75 Å². The first kappa shape index (κ1) is 10.5. The SMILES string of the molecule is Cc1ncccc1Oc1nnccc1CN. The zero-order valence-corrected chi connectivity index (χ0v) is 8.92. The number of nitrogens with zero attached hydrogens (tertiary/aromatic N) is 3. The Kier molecular flexibility index (Phi) is 3.07. The Labute approximate surface area is 93.3 Å². The van der Waals surface area contributed by atoms with Crippen LogP contribution in [-0.2, 0) is 6.54 Å². The molecule has 0 saturated carbocycles. The average Bonchev–Trinajstić information content (AvgIpc) is 2.33. The van der Waals surface area contributed by atoms with Crippen LogP contribution in [0.1, 0.15) is 11.3 Å². The van der Waals surface area contributed by atoms with E-state index in [0.29, 0.717) is 18.2 Å². The van der Waals surface area contributed by atoms with Crippen molar-refractivity contribution in [2.75, 3.05) is 0 Å². The van der Waals surface area contributed by atoms with Crippen LogP contribution >= 0.6 is 0 Å². The van der Waals surface area contributed by atoms with Crippen LogP contribution in [0.2, 0.25) is 0 Å². The zero-order valence-electron chi connectivity index (χ0n) is 8.92. The van der Waals surface area contributed by atoms with Gasteiger partial charge >= 0.3 is 0 Å². The molecule has 0 radical (unpaired) electrons. The molecular formula is C11H12N4O. The van der Waals surface area contributed by atoms with E-state index >= 15 is 0 Å². The maximum Gasteiger partial charge on any atom is 0.243 e. The van der Waals surface area contributed by atoms with Crippen molar-refractivity contribution < 1.29 is 4.74 Å². The first-order valence-corrected chi connectivity index (χ1v) is 4.91. The minimum absolute atomic E-state index is 0.365. The van der Waals surface area contributed by atoms with Crippen molar-refractivity contribution in [2.24, 2.45) is 5.73 Å². The molecule has 0 aliphatic carbocycles. The fraction of sp³-hybridized carbons (Fsp3) is 0.182. The molecule has 2 heterocycles. The van der Waals surface area contributed by atoms with Gasteiger partial charge in [0.2, 0.25) is 5.88 Å². The first-order valence-electron chi connectivity index (χ1n) is 4.91. The van der Waals surface area contributed by atoms with E-state index in [0.717, 1.165) is 11.3 Å². The second-order valence-electron chi connectivity index (χ2n) is 3.25. The largest absolute Gasteiger partial charge is 0.435 e. The lowest BCUT2D eigenvalue weighted by molar-refractivity contribution is 0.442. The van der Waals surface area contributed by atoms with Crippen LogP contribution in [0.4, 0.5) is 0 Å². The lowest BCUT2D eigenvalue weighted by atomic mass is 10.3. The molecule has 5 heteroatoms. The van der Waals surface area contributed by atoms with E-state index < -0.39 is 0 Å². The van der Waals surface area contributed by atoms with Crippen LogP contribution in [-0.4, -0.2) is 15.2 Å². The summed E-state index contributed by atoms with van der Waals surface area (Å²) in [5, 5.41) is 7.67. The standard InChI is InChI=1S/C11H12N4O/c1-8-10(3-2-5-13-8)16-11-9(7-12)4-6-14-15-11/h2-6H,7,12H2,1H3. The summed E-state index contributed by atoms with van der Waals surface area (Å²) in [5.41, 5.74) is 7.20. The van der Waals surface area contributed by atoms with Gasteiger partial charge in [0.1, 0.15) is 0 Å². The van der Waals surface area contributed by atoms with Gasteiger partial charge in [-0.3, -0.25) is 4.98 Å². The van der Waals surface area contributed by atoms with Crippen molar-refractivity contribution in [3.63, 3.8) is 0 Å². The summed E-state index contributed by atoms with van der Waals surface area (Å²) >= 11 is 0. The third kappa shape index (κ3) is 2.14. The number of rotatable bonds is 3. The van der Waals surface area contributed by atoms with Gasteiger partial charge in [-0.25, -0.2) is 0 Å². The van der Waals surface area contributed by atoms with Crippen molar-refractivity contribution in [3.8, 4) is 11.6 Å². The molecule has 0 fully saturated rings. The van der Waals surface area contributed by atoms with Gasteiger partial charge in [0.05, 0.1) is 11.9 Å². The second kappa shape index (κ2) is 4.67. The summed E-state index contributed by atoms with van der Waals surface area (Å²) in [5.74, 6) is 1.10. The molecule has 0 bridgehead atoms. The molecule has 2 aromatic heterocycles. The first-order chi connectivity index (χ1) is 7.81. The summed E-state index contributed by atoms with van der Waals surface area (Å²) in [6.07, 6.45) is 3.30. The minimum Gasteiger partial charge on any atom is -0.435 e. The summed E-state index contributed by atoms with van der Waals surface area (Å²) in [4.78, 5) is 4.13. The molecule has 0 aliphatic heterocycles. The quantitative estimate of drug-likeness (QED) is 0.840. The topological polar surface area (TPSA) is 73.9 Å². The van der Waals surface area contributed by atoms with Crippen LogP contribution in [0.3, 0.4) is 0 Å². The van der Waals surface area contributed by atoms with Gasteiger partial charge in [-0.1, -0.05) is 0 Å². The summed E-state index contributed by atoms with van der Waals surface area (Å²) in [6, 6.07) is 5.42.